The van der Waals surface area contributed by atoms with Gasteiger partial charge in [0, 0.05) is 31.1 Å². The lowest BCUT2D eigenvalue weighted by atomic mass is 10.2. The van der Waals surface area contributed by atoms with Gasteiger partial charge in [0.1, 0.15) is 0 Å². The van der Waals surface area contributed by atoms with Gasteiger partial charge in [-0.25, -0.2) is 12.7 Å². The SMILES string of the molecule is CN(C)[C@@H](CNC(=O)c1cccc(S(=O)(=O)N(C)C)c1)c1cccs1. The lowest BCUT2D eigenvalue weighted by Gasteiger charge is -2.23. The summed E-state index contributed by atoms with van der Waals surface area (Å²) in [5.74, 6) is -0.292. The number of benzene rings is 1. The van der Waals surface area contributed by atoms with Crippen LogP contribution in [0.1, 0.15) is 21.3 Å². The third kappa shape index (κ3) is 4.66. The van der Waals surface area contributed by atoms with Crippen molar-refractivity contribution >= 4 is 27.3 Å². The number of thiophene rings is 1. The minimum absolute atomic E-state index is 0.0673. The first-order chi connectivity index (χ1) is 11.7. The third-order valence-corrected chi connectivity index (χ3v) is 6.61. The number of rotatable bonds is 7. The van der Waals surface area contributed by atoms with Gasteiger partial charge < -0.3 is 10.2 Å². The van der Waals surface area contributed by atoms with E-state index in [1.807, 2.05) is 36.5 Å². The second-order valence-corrected chi connectivity index (χ2v) is 9.15. The molecule has 0 aliphatic carbocycles. The van der Waals surface area contributed by atoms with Gasteiger partial charge in [-0.05, 0) is 43.7 Å². The maximum atomic E-state index is 12.5. The van der Waals surface area contributed by atoms with Crippen molar-refractivity contribution in [2.24, 2.45) is 0 Å². The minimum Gasteiger partial charge on any atom is -0.350 e. The number of carbonyl (C=O) groups is 1. The van der Waals surface area contributed by atoms with Crippen molar-refractivity contribution in [3.8, 4) is 0 Å². The van der Waals surface area contributed by atoms with E-state index in [0.29, 0.717) is 12.1 Å². The number of carbonyl (C=O) groups excluding carboxylic acids is 1. The van der Waals surface area contributed by atoms with Crippen molar-refractivity contribution in [3.63, 3.8) is 0 Å². The summed E-state index contributed by atoms with van der Waals surface area (Å²) < 4.78 is 25.5. The molecule has 1 atom stereocenters. The molecule has 1 amide bonds. The van der Waals surface area contributed by atoms with Crippen LogP contribution in [-0.4, -0.2) is 58.3 Å². The highest BCUT2D eigenvalue weighted by Crippen LogP contribution is 2.22. The Hall–Kier alpha value is -1.74. The van der Waals surface area contributed by atoms with Gasteiger partial charge in [-0.15, -0.1) is 11.3 Å². The van der Waals surface area contributed by atoms with E-state index in [1.54, 1.807) is 23.5 Å². The summed E-state index contributed by atoms with van der Waals surface area (Å²) >= 11 is 1.64. The number of amides is 1. The highest BCUT2D eigenvalue weighted by atomic mass is 32.2. The first kappa shape index (κ1) is 19.6. The molecular weight excluding hydrogens is 358 g/mol. The van der Waals surface area contributed by atoms with Crippen molar-refractivity contribution in [2.75, 3.05) is 34.7 Å². The van der Waals surface area contributed by atoms with Gasteiger partial charge in [0.15, 0.2) is 0 Å². The molecule has 1 heterocycles. The van der Waals surface area contributed by atoms with Crippen molar-refractivity contribution in [3.05, 3.63) is 52.2 Å². The molecule has 25 heavy (non-hydrogen) atoms. The molecule has 0 unspecified atom stereocenters. The van der Waals surface area contributed by atoms with Gasteiger partial charge in [0.25, 0.3) is 5.91 Å². The standard InChI is InChI=1S/C17H23N3O3S2/c1-19(2)15(16-9-6-10-24-16)12-18-17(21)13-7-5-8-14(11-13)25(22,23)20(3)4/h5-11,15H,12H2,1-4H3,(H,18,21)/t15-/m0/s1. The van der Waals surface area contributed by atoms with Gasteiger partial charge in [0.05, 0.1) is 10.9 Å². The Morgan fingerprint density at radius 3 is 2.44 bits per heavy atom. The molecule has 6 nitrogen and oxygen atoms in total. The fourth-order valence-electron chi connectivity index (χ4n) is 2.32. The van der Waals surface area contributed by atoms with Gasteiger partial charge >= 0.3 is 0 Å². The summed E-state index contributed by atoms with van der Waals surface area (Å²) in [4.78, 5) is 15.8. The topological polar surface area (TPSA) is 69.7 Å². The van der Waals surface area contributed by atoms with Gasteiger partial charge in [-0.2, -0.15) is 0 Å². The molecule has 0 aliphatic rings. The molecule has 0 spiro atoms. The molecule has 8 heteroatoms. The largest absolute Gasteiger partial charge is 0.350 e. The average molecular weight is 382 g/mol. The fourth-order valence-corrected chi connectivity index (χ4v) is 4.19. The van der Waals surface area contributed by atoms with Gasteiger partial charge in [-0.3, -0.25) is 4.79 Å². The van der Waals surface area contributed by atoms with E-state index in [4.69, 9.17) is 0 Å². The van der Waals surface area contributed by atoms with Crippen molar-refractivity contribution in [1.29, 1.82) is 0 Å². The van der Waals surface area contributed by atoms with Crippen molar-refractivity contribution in [1.82, 2.24) is 14.5 Å². The van der Waals surface area contributed by atoms with Gasteiger partial charge in [0.2, 0.25) is 10.0 Å². The summed E-state index contributed by atoms with van der Waals surface area (Å²) in [6.07, 6.45) is 0. The van der Waals surface area contributed by atoms with Gasteiger partial charge in [-0.1, -0.05) is 12.1 Å². The molecule has 0 fully saturated rings. The first-order valence-corrected chi connectivity index (χ1v) is 10.1. The van der Waals surface area contributed by atoms with E-state index >= 15 is 0 Å². The second-order valence-electron chi connectivity index (χ2n) is 6.02. The lowest BCUT2D eigenvalue weighted by molar-refractivity contribution is 0.0942. The van der Waals surface area contributed by atoms with Crippen LogP contribution in [0.2, 0.25) is 0 Å². The Bertz CT molecular complexity index is 815. The first-order valence-electron chi connectivity index (χ1n) is 7.74. The number of sulfonamides is 1. The summed E-state index contributed by atoms with van der Waals surface area (Å²) in [5.41, 5.74) is 0.326. The van der Waals surface area contributed by atoms with Crippen LogP contribution >= 0.6 is 11.3 Å². The quantitative estimate of drug-likeness (QED) is 0.797. The summed E-state index contributed by atoms with van der Waals surface area (Å²) in [6.45, 7) is 0.441. The van der Waals surface area contributed by atoms with Crippen LogP contribution in [0.3, 0.4) is 0 Å². The van der Waals surface area contributed by atoms with Crippen LogP contribution in [0.25, 0.3) is 0 Å². The zero-order valence-electron chi connectivity index (χ0n) is 14.8. The summed E-state index contributed by atoms with van der Waals surface area (Å²) in [5, 5.41) is 4.90. The molecule has 2 rings (SSSR count). The van der Waals surface area contributed by atoms with E-state index in [0.717, 1.165) is 9.18 Å². The molecule has 0 bridgehead atoms. The molecular formula is C17H23N3O3S2. The number of likely N-dealkylation sites (N-methyl/N-ethyl adjacent to an activating group) is 1. The summed E-state index contributed by atoms with van der Waals surface area (Å²) in [6, 6.07) is 10.2. The average Bonchev–Trinajstić information content (AvgIpc) is 3.08. The van der Waals surface area contributed by atoms with Crippen LogP contribution in [0.15, 0.2) is 46.7 Å². The molecule has 1 aromatic carbocycles. The Morgan fingerprint density at radius 1 is 1.16 bits per heavy atom. The minimum atomic E-state index is -3.57. The fraction of sp³-hybridized carbons (Fsp3) is 0.353. The zero-order chi connectivity index (χ0) is 18.6. The normalized spacial score (nSPS) is 13.2. The summed E-state index contributed by atoms with van der Waals surface area (Å²) in [7, 11) is 3.28. The number of nitrogens with one attached hydrogen (secondary N) is 1. The van der Waals surface area contributed by atoms with Crippen molar-refractivity contribution in [2.45, 2.75) is 10.9 Å². The Kier molecular flexibility index (Phi) is 6.34. The lowest BCUT2D eigenvalue weighted by Crippen LogP contribution is -2.34. The van der Waals surface area contributed by atoms with Crippen LogP contribution in [0.4, 0.5) is 0 Å². The molecule has 0 saturated heterocycles. The molecule has 0 radical (unpaired) electrons. The number of nitrogens with zero attached hydrogens (tertiary/aromatic N) is 2. The molecule has 0 saturated carbocycles. The van der Waals surface area contributed by atoms with Crippen molar-refractivity contribution < 1.29 is 13.2 Å². The molecule has 0 aliphatic heterocycles. The van der Waals surface area contributed by atoms with Crippen LogP contribution in [-0.2, 0) is 10.0 Å². The van der Waals surface area contributed by atoms with Crippen LogP contribution in [0, 0.1) is 0 Å². The van der Waals surface area contributed by atoms with E-state index in [-0.39, 0.29) is 16.8 Å². The van der Waals surface area contributed by atoms with E-state index < -0.39 is 10.0 Å². The van der Waals surface area contributed by atoms with Crippen LogP contribution in [0.5, 0.6) is 0 Å². The molecule has 1 N–H and O–H groups in total. The van der Waals surface area contributed by atoms with E-state index in [1.165, 1.54) is 26.2 Å². The molecule has 1 aromatic heterocycles. The Morgan fingerprint density at radius 2 is 1.88 bits per heavy atom. The number of hydrogen-bond acceptors (Lipinski definition) is 5. The maximum absolute atomic E-state index is 12.5. The molecule has 2 aromatic rings. The Labute approximate surface area is 153 Å². The zero-order valence-corrected chi connectivity index (χ0v) is 16.4. The van der Waals surface area contributed by atoms with E-state index in [9.17, 15) is 13.2 Å². The third-order valence-electron chi connectivity index (χ3n) is 3.83. The van der Waals surface area contributed by atoms with E-state index in [2.05, 4.69) is 5.32 Å². The number of hydrogen-bond donors (Lipinski definition) is 1. The Balaban J connectivity index is 2.13. The highest BCUT2D eigenvalue weighted by Gasteiger charge is 2.20. The highest BCUT2D eigenvalue weighted by molar-refractivity contribution is 7.89. The second kappa shape index (κ2) is 8.09. The molecule has 136 valence electrons. The predicted molar refractivity (Wildman–Crippen MR) is 100 cm³/mol. The predicted octanol–water partition coefficient (Wildman–Crippen LogP) is 2.03. The smallest absolute Gasteiger partial charge is 0.251 e. The maximum Gasteiger partial charge on any atom is 0.251 e. The van der Waals surface area contributed by atoms with Crippen LogP contribution < -0.4 is 5.32 Å². The monoisotopic (exact) mass is 381 g/mol.